The number of hydrogen-bond donors (Lipinski definition) is 2. The fraction of sp³-hybridized carbons (Fsp3) is 0.478. The molecule has 0 bridgehead atoms. The molecule has 1 saturated heterocycles. The number of ether oxygens (including phenoxy) is 2. The number of rotatable bonds is 8. The summed E-state index contributed by atoms with van der Waals surface area (Å²) in [5.74, 6) is 3.35. The van der Waals surface area contributed by atoms with E-state index in [0.29, 0.717) is 12.6 Å². The van der Waals surface area contributed by atoms with Gasteiger partial charge in [-0.2, -0.15) is 0 Å². The minimum Gasteiger partial charge on any atom is -0.497 e. The van der Waals surface area contributed by atoms with Gasteiger partial charge in [0.15, 0.2) is 5.96 Å². The van der Waals surface area contributed by atoms with E-state index in [1.54, 1.807) is 14.2 Å². The molecule has 1 unspecified atom stereocenters. The fourth-order valence-electron chi connectivity index (χ4n) is 3.57. The molecular formula is C23H35IN6O2. The number of pyridine rings is 1. The summed E-state index contributed by atoms with van der Waals surface area (Å²) < 4.78 is 10.8. The van der Waals surface area contributed by atoms with E-state index >= 15 is 0 Å². The van der Waals surface area contributed by atoms with Crippen molar-refractivity contribution < 1.29 is 9.47 Å². The van der Waals surface area contributed by atoms with E-state index in [1.165, 1.54) is 0 Å². The largest absolute Gasteiger partial charge is 0.497 e. The highest BCUT2D eigenvalue weighted by Gasteiger charge is 2.24. The van der Waals surface area contributed by atoms with Gasteiger partial charge in [-0.15, -0.1) is 24.0 Å². The molecule has 0 saturated carbocycles. The predicted molar refractivity (Wildman–Crippen MR) is 142 cm³/mol. The van der Waals surface area contributed by atoms with Crippen LogP contribution in [0.3, 0.4) is 0 Å². The molecule has 1 aromatic carbocycles. The Hall–Kier alpha value is -2.43. The van der Waals surface area contributed by atoms with E-state index in [0.717, 1.165) is 60.7 Å². The first-order valence-electron chi connectivity index (χ1n) is 10.7. The van der Waals surface area contributed by atoms with Gasteiger partial charge in [-0.3, -0.25) is 0 Å². The lowest BCUT2D eigenvalue weighted by Crippen LogP contribution is -2.44. The first-order valence-corrected chi connectivity index (χ1v) is 10.7. The van der Waals surface area contributed by atoms with E-state index in [4.69, 9.17) is 14.5 Å². The summed E-state index contributed by atoms with van der Waals surface area (Å²) in [6.45, 7) is 5.25. The second-order valence-electron chi connectivity index (χ2n) is 7.72. The molecule has 1 aliphatic rings. The third kappa shape index (κ3) is 7.04. The summed E-state index contributed by atoms with van der Waals surface area (Å²) >= 11 is 0. The van der Waals surface area contributed by atoms with E-state index in [-0.39, 0.29) is 24.0 Å². The minimum absolute atomic E-state index is 0. The molecule has 2 aromatic rings. The van der Waals surface area contributed by atoms with Gasteiger partial charge in [-0.25, -0.2) is 9.98 Å². The highest BCUT2D eigenvalue weighted by Crippen LogP contribution is 2.30. The Labute approximate surface area is 208 Å². The Bertz CT molecular complexity index is 870. The molecule has 1 fully saturated rings. The van der Waals surface area contributed by atoms with Crippen molar-refractivity contribution in [1.82, 2.24) is 15.6 Å². The van der Waals surface area contributed by atoms with Crippen molar-refractivity contribution in [2.75, 3.05) is 57.7 Å². The molecule has 0 amide bonds. The molecular weight excluding hydrogens is 519 g/mol. The number of aromatic nitrogens is 1. The lowest BCUT2D eigenvalue weighted by molar-refractivity contribution is 0.394. The zero-order valence-corrected chi connectivity index (χ0v) is 21.9. The van der Waals surface area contributed by atoms with Crippen LogP contribution in [-0.4, -0.2) is 64.9 Å². The van der Waals surface area contributed by atoms with Crippen molar-refractivity contribution in [3.05, 3.63) is 42.1 Å². The standard InChI is InChI=1S/C23H34N6O2.HI/c1-6-24-23(25-15-17-8-7-9-22(26-17)28(2)3)27-18-10-11-29(16-18)19-12-20(30-4)14-21(13-19)31-5;/h7-9,12-14,18H,6,10-11,15-16H2,1-5H3,(H2,24,25,27);1H. The molecule has 2 heterocycles. The van der Waals surface area contributed by atoms with Crippen LogP contribution in [-0.2, 0) is 6.54 Å². The van der Waals surface area contributed by atoms with Crippen LogP contribution in [0.15, 0.2) is 41.4 Å². The van der Waals surface area contributed by atoms with Crippen LogP contribution >= 0.6 is 24.0 Å². The molecule has 1 aromatic heterocycles. The van der Waals surface area contributed by atoms with Crippen molar-refractivity contribution >= 4 is 41.4 Å². The summed E-state index contributed by atoms with van der Waals surface area (Å²) in [5, 5.41) is 6.93. The molecule has 8 nitrogen and oxygen atoms in total. The summed E-state index contributed by atoms with van der Waals surface area (Å²) in [6.07, 6.45) is 1.03. The maximum atomic E-state index is 5.42. The Morgan fingerprint density at radius 2 is 1.91 bits per heavy atom. The van der Waals surface area contributed by atoms with E-state index in [1.807, 2.05) is 55.4 Å². The second kappa shape index (κ2) is 12.6. The number of halogens is 1. The Morgan fingerprint density at radius 3 is 2.53 bits per heavy atom. The van der Waals surface area contributed by atoms with Crippen molar-refractivity contribution in [3.63, 3.8) is 0 Å². The molecule has 1 aliphatic heterocycles. The molecule has 2 N–H and O–H groups in total. The highest BCUT2D eigenvalue weighted by atomic mass is 127. The zero-order valence-electron chi connectivity index (χ0n) is 19.6. The monoisotopic (exact) mass is 554 g/mol. The average molecular weight is 554 g/mol. The SMILES string of the molecule is CCNC(=NCc1cccc(N(C)C)n1)NC1CCN(c2cc(OC)cc(OC)c2)C1.I. The zero-order chi connectivity index (χ0) is 22.2. The maximum absolute atomic E-state index is 5.42. The Balaban J connectivity index is 0.00000363. The molecule has 3 rings (SSSR count). The van der Waals surface area contributed by atoms with Gasteiger partial charge in [0, 0.05) is 63.7 Å². The number of anilines is 2. The predicted octanol–water partition coefficient (Wildman–Crippen LogP) is 3.12. The number of hydrogen-bond acceptors (Lipinski definition) is 6. The van der Waals surface area contributed by atoms with Crippen molar-refractivity contribution in [1.29, 1.82) is 0 Å². The number of aliphatic imine (C=N–C) groups is 1. The summed E-state index contributed by atoms with van der Waals surface area (Å²) in [5.41, 5.74) is 2.05. The van der Waals surface area contributed by atoms with Crippen LogP contribution in [0.5, 0.6) is 11.5 Å². The van der Waals surface area contributed by atoms with Crippen LogP contribution in [0.1, 0.15) is 19.0 Å². The van der Waals surface area contributed by atoms with Gasteiger partial charge in [-0.1, -0.05) is 6.07 Å². The van der Waals surface area contributed by atoms with E-state index in [9.17, 15) is 0 Å². The van der Waals surface area contributed by atoms with Gasteiger partial charge in [0.1, 0.15) is 17.3 Å². The van der Waals surface area contributed by atoms with E-state index in [2.05, 4.69) is 27.4 Å². The molecule has 9 heteroatoms. The third-order valence-electron chi connectivity index (χ3n) is 5.22. The van der Waals surface area contributed by atoms with Crippen LogP contribution in [0.4, 0.5) is 11.5 Å². The van der Waals surface area contributed by atoms with Gasteiger partial charge >= 0.3 is 0 Å². The second-order valence-corrected chi connectivity index (χ2v) is 7.72. The molecule has 0 spiro atoms. The van der Waals surface area contributed by atoms with Gasteiger partial charge in [0.05, 0.1) is 26.5 Å². The number of methoxy groups -OCH3 is 2. The normalized spacial score (nSPS) is 15.7. The van der Waals surface area contributed by atoms with E-state index < -0.39 is 0 Å². The van der Waals surface area contributed by atoms with Crippen LogP contribution in [0.25, 0.3) is 0 Å². The first kappa shape index (κ1) is 25.8. The lowest BCUT2D eigenvalue weighted by Gasteiger charge is -2.21. The first-order chi connectivity index (χ1) is 15.0. The number of benzene rings is 1. The molecule has 176 valence electrons. The third-order valence-corrected chi connectivity index (χ3v) is 5.22. The van der Waals surface area contributed by atoms with Crippen molar-refractivity contribution in [2.45, 2.75) is 25.9 Å². The van der Waals surface area contributed by atoms with Gasteiger partial charge < -0.3 is 29.9 Å². The Morgan fingerprint density at radius 1 is 1.19 bits per heavy atom. The minimum atomic E-state index is 0. The number of guanidine groups is 1. The topological polar surface area (TPSA) is 74.3 Å². The Kier molecular flexibility index (Phi) is 10.1. The molecule has 1 atom stereocenters. The van der Waals surface area contributed by atoms with Gasteiger partial charge in [0.2, 0.25) is 0 Å². The highest BCUT2D eigenvalue weighted by molar-refractivity contribution is 14.0. The smallest absolute Gasteiger partial charge is 0.191 e. The molecule has 0 radical (unpaired) electrons. The average Bonchev–Trinajstić information content (AvgIpc) is 3.26. The lowest BCUT2D eigenvalue weighted by atomic mass is 10.2. The van der Waals surface area contributed by atoms with Crippen LogP contribution in [0, 0.1) is 0 Å². The summed E-state index contributed by atoms with van der Waals surface area (Å²) in [7, 11) is 7.33. The van der Waals surface area contributed by atoms with Gasteiger partial charge in [0.25, 0.3) is 0 Å². The summed E-state index contributed by atoms with van der Waals surface area (Å²) in [4.78, 5) is 13.7. The molecule has 32 heavy (non-hydrogen) atoms. The maximum Gasteiger partial charge on any atom is 0.191 e. The van der Waals surface area contributed by atoms with Crippen molar-refractivity contribution in [2.24, 2.45) is 4.99 Å². The van der Waals surface area contributed by atoms with Gasteiger partial charge in [-0.05, 0) is 25.5 Å². The van der Waals surface area contributed by atoms with Crippen molar-refractivity contribution in [3.8, 4) is 11.5 Å². The fourth-order valence-corrected chi connectivity index (χ4v) is 3.57. The van der Waals surface area contributed by atoms with Crippen LogP contribution in [0.2, 0.25) is 0 Å². The molecule has 0 aliphatic carbocycles. The number of nitrogens with zero attached hydrogens (tertiary/aromatic N) is 4. The number of nitrogens with one attached hydrogen (secondary N) is 2. The summed E-state index contributed by atoms with van der Waals surface area (Å²) in [6, 6.07) is 12.3. The quantitative estimate of drug-likeness (QED) is 0.295. The van der Waals surface area contributed by atoms with Crippen LogP contribution < -0.4 is 29.9 Å².